The Balaban J connectivity index is 1.65. The van der Waals surface area contributed by atoms with Gasteiger partial charge in [0.1, 0.15) is 5.75 Å². The van der Waals surface area contributed by atoms with E-state index in [1.165, 1.54) is 5.56 Å². The molecule has 2 N–H and O–H groups in total. The topological polar surface area (TPSA) is 59.3 Å². The maximum Gasteiger partial charge on any atom is 0.124 e. The van der Waals surface area contributed by atoms with Crippen molar-refractivity contribution >= 4 is 5.69 Å². The Morgan fingerprint density at radius 1 is 1.17 bits per heavy atom. The minimum Gasteiger partial charge on any atom is -0.494 e. The summed E-state index contributed by atoms with van der Waals surface area (Å²) in [5, 5.41) is 17.0. The predicted molar refractivity (Wildman–Crippen MR) is 94.4 cm³/mol. The molecule has 0 saturated heterocycles. The molecule has 0 aliphatic carbocycles. The molecule has 3 aromatic rings. The molecule has 5 nitrogen and oxygen atoms in total. The van der Waals surface area contributed by atoms with E-state index < -0.39 is 0 Å². The van der Waals surface area contributed by atoms with Crippen molar-refractivity contribution in [3.05, 3.63) is 72.1 Å². The number of ether oxygens (including phenoxy) is 1. The Labute approximate surface area is 141 Å². The summed E-state index contributed by atoms with van der Waals surface area (Å²) in [5.41, 5.74) is 3.95. The van der Waals surface area contributed by atoms with E-state index in [1.807, 2.05) is 54.2 Å². The van der Waals surface area contributed by atoms with Gasteiger partial charge in [-0.2, -0.15) is 5.10 Å². The van der Waals surface area contributed by atoms with Crippen LogP contribution in [-0.2, 0) is 13.2 Å². The molecule has 1 heterocycles. The second kappa shape index (κ2) is 7.66. The fraction of sp³-hybridized carbons (Fsp3) is 0.211. The van der Waals surface area contributed by atoms with Crippen molar-refractivity contribution in [3.8, 4) is 11.4 Å². The van der Waals surface area contributed by atoms with Gasteiger partial charge in [-0.05, 0) is 48.9 Å². The molecule has 0 atom stereocenters. The first kappa shape index (κ1) is 16.1. The summed E-state index contributed by atoms with van der Waals surface area (Å²) in [6.45, 7) is 3.18. The highest BCUT2D eigenvalue weighted by Crippen LogP contribution is 2.23. The van der Waals surface area contributed by atoms with Gasteiger partial charge in [-0.15, -0.1) is 0 Å². The molecule has 24 heavy (non-hydrogen) atoms. The molecule has 0 saturated carbocycles. The molecule has 124 valence electrons. The first-order valence-electron chi connectivity index (χ1n) is 7.99. The van der Waals surface area contributed by atoms with Crippen molar-refractivity contribution in [3.63, 3.8) is 0 Å². The number of hydrogen-bond acceptors (Lipinski definition) is 4. The number of hydrogen-bond donors (Lipinski definition) is 2. The number of aliphatic hydroxyl groups excluding tert-OH is 1. The summed E-state index contributed by atoms with van der Waals surface area (Å²) in [6.07, 6.45) is 3.68. The van der Waals surface area contributed by atoms with Gasteiger partial charge in [-0.1, -0.05) is 12.1 Å². The average molecular weight is 323 g/mol. The third kappa shape index (κ3) is 3.75. The molecule has 0 aliphatic rings. The van der Waals surface area contributed by atoms with Crippen LogP contribution in [0.1, 0.15) is 18.1 Å². The highest BCUT2D eigenvalue weighted by molar-refractivity contribution is 5.51. The van der Waals surface area contributed by atoms with Crippen molar-refractivity contribution in [1.29, 1.82) is 0 Å². The van der Waals surface area contributed by atoms with Crippen LogP contribution in [0.4, 0.5) is 5.69 Å². The van der Waals surface area contributed by atoms with Crippen molar-refractivity contribution in [2.24, 2.45) is 0 Å². The molecule has 0 amide bonds. The lowest BCUT2D eigenvalue weighted by atomic mass is 10.1. The van der Waals surface area contributed by atoms with Gasteiger partial charge in [0.15, 0.2) is 0 Å². The van der Waals surface area contributed by atoms with E-state index in [-0.39, 0.29) is 6.61 Å². The first-order chi connectivity index (χ1) is 11.8. The Hall–Kier alpha value is -2.79. The molecule has 0 spiro atoms. The summed E-state index contributed by atoms with van der Waals surface area (Å²) in [4.78, 5) is 0. The number of benzene rings is 2. The smallest absolute Gasteiger partial charge is 0.124 e. The third-order valence-electron chi connectivity index (χ3n) is 3.73. The highest BCUT2D eigenvalue weighted by atomic mass is 16.5. The van der Waals surface area contributed by atoms with Crippen LogP contribution < -0.4 is 10.1 Å². The lowest BCUT2D eigenvalue weighted by Crippen LogP contribution is -2.02. The van der Waals surface area contributed by atoms with Crippen LogP contribution in [0.2, 0.25) is 0 Å². The number of rotatable bonds is 7. The van der Waals surface area contributed by atoms with Crippen LogP contribution >= 0.6 is 0 Å². The number of aliphatic hydroxyl groups is 1. The van der Waals surface area contributed by atoms with Crippen molar-refractivity contribution in [1.82, 2.24) is 9.78 Å². The fourth-order valence-electron chi connectivity index (χ4n) is 2.50. The van der Waals surface area contributed by atoms with E-state index in [4.69, 9.17) is 4.74 Å². The molecule has 0 fully saturated rings. The predicted octanol–water partition coefficient (Wildman–Crippen LogP) is 3.38. The normalized spacial score (nSPS) is 10.6. The monoisotopic (exact) mass is 323 g/mol. The lowest BCUT2D eigenvalue weighted by Gasteiger charge is -2.12. The Kier molecular flexibility index (Phi) is 5.13. The van der Waals surface area contributed by atoms with Gasteiger partial charge in [-0.3, -0.25) is 0 Å². The molecule has 5 heteroatoms. The van der Waals surface area contributed by atoms with Gasteiger partial charge < -0.3 is 15.2 Å². The number of aromatic nitrogens is 2. The zero-order chi connectivity index (χ0) is 16.8. The summed E-state index contributed by atoms with van der Waals surface area (Å²) in [5.74, 6) is 0.731. The molecule has 3 rings (SSSR count). The minimum absolute atomic E-state index is 0.0383. The summed E-state index contributed by atoms with van der Waals surface area (Å²) < 4.78 is 7.33. The van der Waals surface area contributed by atoms with Crippen LogP contribution in [0.15, 0.2) is 60.9 Å². The Morgan fingerprint density at radius 3 is 2.67 bits per heavy atom. The second-order valence-electron chi connectivity index (χ2n) is 5.38. The highest BCUT2D eigenvalue weighted by Gasteiger charge is 2.04. The van der Waals surface area contributed by atoms with E-state index in [0.29, 0.717) is 13.2 Å². The Morgan fingerprint density at radius 2 is 2.00 bits per heavy atom. The number of nitrogens with zero attached hydrogens (tertiary/aromatic N) is 2. The maximum atomic E-state index is 9.46. The Bertz CT molecular complexity index is 768. The molecular weight excluding hydrogens is 302 g/mol. The number of anilines is 1. The van der Waals surface area contributed by atoms with E-state index in [9.17, 15) is 5.11 Å². The zero-order valence-electron chi connectivity index (χ0n) is 13.6. The standard InChI is InChI=1S/C19H21N3O2/c1-2-24-19-9-6-17(12-16(19)14-23)20-13-15-4-7-18(8-5-15)22-11-3-10-21-22/h3-12,20,23H,2,13-14H2,1H3. The van der Waals surface area contributed by atoms with Crippen LogP contribution in [0.3, 0.4) is 0 Å². The molecule has 0 aliphatic heterocycles. The summed E-state index contributed by atoms with van der Waals surface area (Å²) in [7, 11) is 0. The quantitative estimate of drug-likeness (QED) is 0.700. The van der Waals surface area contributed by atoms with Gasteiger partial charge in [0, 0.05) is 30.2 Å². The van der Waals surface area contributed by atoms with Gasteiger partial charge in [0.2, 0.25) is 0 Å². The minimum atomic E-state index is -0.0383. The van der Waals surface area contributed by atoms with Crippen molar-refractivity contribution in [2.75, 3.05) is 11.9 Å². The van der Waals surface area contributed by atoms with Crippen molar-refractivity contribution in [2.45, 2.75) is 20.1 Å². The van der Waals surface area contributed by atoms with Crippen LogP contribution in [0.5, 0.6) is 5.75 Å². The van der Waals surface area contributed by atoms with Gasteiger partial charge >= 0.3 is 0 Å². The molecule has 0 bridgehead atoms. The molecular formula is C19H21N3O2. The SMILES string of the molecule is CCOc1ccc(NCc2ccc(-n3cccn3)cc2)cc1CO. The van der Waals surface area contributed by atoms with Crippen LogP contribution in [-0.4, -0.2) is 21.5 Å². The van der Waals surface area contributed by atoms with E-state index in [2.05, 4.69) is 22.5 Å². The van der Waals surface area contributed by atoms with E-state index >= 15 is 0 Å². The molecule has 0 radical (unpaired) electrons. The van der Waals surface area contributed by atoms with Crippen LogP contribution in [0.25, 0.3) is 5.69 Å². The average Bonchev–Trinajstić information content (AvgIpc) is 3.16. The fourth-order valence-corrected chi connectivity index (χ4v) is 2.50. The molecule has 2 aromatic carbocycles. The number of nitrogens with one attached hydrogen (secondary N) is 1. The first-order valence-corrected chi connectivity index (χ1v) is 7.99. The second-order valence-corrected chi connectivity index (χ2v) is 5.38. The van der Waals surface area contributed by atoms with Crippen LogP contribution in [0, 0.1) is 0 Å². The van der Waals surface area contributed by atoms with E-state index in [1.54, 1.807) is 6.20 Å². The summed E-state index contributed by atoms with van der Waals surface area (Å²) in [6, 6.07) is 15.9. The maximum absolute atomic E-state index is 9.46. The van der Waals surface area contributed by atoms with Crippen molar-refractivity contribution < 1.29 is 9.84 Å². The van der Waals surface area contributed by atoms with Gasteiger partial charge in [0.05, 0.1) is 18.9 Å². The summed E-state index contributed by atoms with van der Waals surface area (Å²) >= 11 is 0. The van der Waals surface area contributed by atoms with Gasteiger partial charge in [0.25, 0.3) is 0 Å². The lowest BCUT2D eigenvalue weighted by molar-refractivity contribution is 0.267. The van der Waals surface area contributed by atoms with Gasteiger partial charge in [-0.25, -0.2) is 4.68 Å². The zero-order valence-corrected chi connectivity index (χ0v) is 13.6. The third-order valence-corrected chi connectivity index (χ3v) is 3.73. The largest absolute Gasteiger partial charge is 0.494 e. The molecule has 0 unspecified atom stereocenters. The molecule has 1 aromatic heterocycles. The van der Waals surface area contributed by atoms with E-state index in [0.717, 1.165) is 22.7 Å².